The van der Waals surface area contributed by atoms with Crippen molar-refractivity contribution in [2.75, 3.05) is 0 Å². The van der Waals surface area contributed by atoms with E-state index in [2.05, 4.69) is 16.2 Å². The lowest BCUT2D eigenvalue weighted by Crippen LogP contribution is -2.53. The molecule has 0 aromatic heterocycles. The number of nitro benzene ring substituents is 1. The Labute approximate surface area is 159 Å². The van der Waals surface area contributed by atoms with Gasteiger partial charge in [-0.15, -0.1) is 0 Å². The number of hydrazine groups is 1. The molecule has 2 aromatic rings. The second-order valence-corrected chi connectivity index (χ2v) is 7.13. The van der Waals surface area contributed by atoms with E-state index in [1.165, 1.54) is 24.3 Å². The molecule has 0 saturated carbocycles. The molecule has 5 unspecified atom stereocenters. The molecule has 0 aliphatic carbocycles. The van der Waals surface area contributed by atoms with Gasteiger partial charge in [0.05, 0.1) is 23.0 Å². The second kappa shape index (κ2) is 7.27. The molecule has 2 fully saturated rings. The van der Waals surface area contributed by atoms with Crippen LogP contribution in [0.25, 0.3) is 0 Å². The number of nitrogens with one attached hydrogen (secondary N) is 3. The molecular weight excluding hydrogens is 367 g/mol. The van der Waals surface area contributed by atoms with Crippen LogP contribution in [0.5, 0.6) is 0 Å². The van der Waals surface area contributed by atoms with Crippen LogP contribution in [0.4, 0.5) is 10.1 Å². The summed E-state index contributed by atoms with van der Waals surface area (Å²) in [5.74, 6) is -2.41. The van der Waals surface area contributed by atoms with Crippen molar-refractivity contribution < 1.29 is 19.2 Å². The maximum atomic E-state index is 13.6. The Morgan fingerprint density at radius 2 is 1.89 bits per heavy atom. The van der Waals surface area contributed by atoms with Gasteiger partial charge in [-0.1, -0.05) is 24.3 Å². The van der Waals surface area contributed by atoms with Gasteiger partial charge >= 0.3 is 5.97 Å². The number of hydrogen-bond donors (Lipinski definition) is 4. The highest BCUT2D eigenvalue weighted by atomic mass is 19.1. The van der Waals surface area contributed by atoms with Gasteiger partial charge in [-0.25, -0.2) is 15.2 Å². The van der Waals surface area contributed by atoms with Crippen molar-refractivity contribution in [1.82, 2.24) is 16.2 Å². The third-order valence-corrected chi connectivity index (χ3v) is 5.51. The molecule has 0 amide bonds. The first-order valence-corrected chi connectivity index (χ1v) is 8.94. The average molecular weight is 386 g/mol. The minimum atomic E-state index is -0.946. The summed E-state index contributed by atoms with van der Waals surface area (Å²) in [4.78, 5) is 22.6. The van der Waals surface area contributed by atoms with E-state index in [9.17, 15) is 24.4 Å². The molecule has 2 aromatic carbocycles. The van der Waals surface area contributed by atoms with Gasteiger partial charge in [-0.3, -0.25) is 20.2 Å². The first kappa shape index (κ1) is 18.5. The normalized spacial score (nSPS) is 29.2. The molecule has 28 heavy (non-hydrogen) atoms. The quantitative estimate of drug-likeness (QED) is 0.470. The van der Waals surface area contributed by atoms with Gasteiger partial charge in [0.15, 0.2) is 0 Å². The van der Waals surface area contributed by atoms with Crippen LogP contribution in [-0.2, 0) is 4.79 Å². The molecule has 2 aliphatic heterocycles. The Balaban J connectivity index is 1.64. The average Bonchev–Trinajstić information content (AvgIpc) is 3.11. The van der Waals surface area contributed by atoms with Crippen LogP contribution in [-0.4, -0.2) is 22.2 Å². The maximum Gasteiger partial charge on any atom is 0.307 e. The number of carbonyl (C=O) groups is 1. The Morgan fingerprint density at radius 1 is 1.14 bits per heavy atom. The van der Waals surface area contributed by atoms with E-state index >= 15 is 0 Å². The fraction of sp³-hybridized carbons (Fsp3) is 0.316. The molecular formula is C19H19FN4O4. The number of aliphatic carboxylic acids is 1. The number of rotatable bonds is 4. The molecule has 0 spiro atoms. The smallest absolute Gasteiger partial charge is 0.307 e. The van der Waals surface area contributed by atoms with Crippen LogP contribution in [0, 0.1) is 27.8 Å². The minimum absolute atomic E-state index is 0.0453. The zero-order valence-corrected chi connectivity index (χ0v) is 14.7. The molecule has 146 valence electrons. The summed E-state index contributed by atoms with van der Waals surface area (Å²) < 4.78 is 13.6. The number of nitro groups is 1. The van der Waals surface area contributed by atoms with Crippen molar-refractivity contribution >= 4 is 11.7 Å². The van der Waals surface area contributed by atoms with Crippen LogP contribution < -0.4 is 16.2 Å². The van der Waals surface area contributed by atoms with Crippen LogP contribution in [0.3, 0.4) is 0 Å². The Bertz CT molecular complexity index is 924. The predicted octanol–water partition coefficient (Wildman–Crippen LogP) is 2.26. The number of nitrogens with zero attached hydrogens (tertiary/aromatic N) is 1. The van der Waals surface area contributed by atoms with Gasteiger partial charge in [0, 0.05) is 24.1 Å². The molecule has 0 radical (unpaired) electrons. The number of non-ortho nitro benzene ring substituents is 1. The maximum absolute atomic E-state index is 13.6. The van der Waals surface area contributed by atoms with Crippen LogP contribution in [0.1, 0.15) is 29.6 Å². The first-order chi connectivity index (χ1) is 13.4. The van der Waals surface area contributed by atoms with E-state index in [1.54, 1.807) is 24.3 Å². The first-order valence-electron chi connectivity index (χ1n) is 8.94. The van der Waals surface area contributed by atoms with Crippen molar-refractivity contribution in [2.24, 2.45) is 11.8 Å². The lowest BCUT2D eigenvalue weighted by atomic mass is 9.75. The Kier molecular flexibility index (Phi) is 4.80. The molecule has 8 nitrogen and oxygen atoms in total. The zero-order chi connectivity index (χ0) is 19.8. The van der Waals surface area contributed by atoms with Crippen molar-refractivity contribution in [3.63, 3.8) is 0 Å². The second-order valence-electron chi connectivity index (χ2n) is 7.13. The number of benzene rings is 2. The number of halogens is 1. The topological polar surface area (TPSA) is 117 Å². The standard InChI is InChI=1S/C19H19FN4O4/c20-12-5-1-3-10(7-12)15-9-14(19(25)26)16-17(22-23-18(16)21-15)11-4-2-6-13(8-11)24(27)28/h1-8,14-18,21-23H,9H2,(H,25,26). The summed E-state index contributed by atoms with van der Waals surface area (Å²) in [6.45, 7) is 0. The summed E-state index contributed by atoms with van der Waals surface area (Å²) in [6, 6.07) is 11.6. The van der Waals surface area contributed by atoms with E-state index in [0.29, 0.717) is 11.1 Å². The van der Waals surface area contributed by atoms with E-state index in [-0.39, 0.29) is 36.1 Å². The van der Waals surface area contributed by atoms with Gasteiger partial charge < -0.3 is 5.11 Å². The molecule has 4 N–H and O–H groups in total. The highest BCUT2D eigenvalue weighted by Crippen LogP contribution is 2.42. The molecule has 2 aliphatic rings. The summed E-state index contributed by atoms with van der Waals surface area (Å²) in [6.07, 6.45) is -0.0956. The summed E-state index contributed by atoms with van der Waals surface area (Å²) >= 11 is 0. The fourth-order valence-electron chi connectivity index (χ4n) is 4.24. The monoisotopic (exact) mass is 386 g/mol. The molecule has 0 bridgehead atoms. The van der Waals surface area contributed by atoms with Gasteiger partial charge in [0.25, 0.3) is 5.69 Å². The van der Waals surface area contributed by atoms with Crippen molar-refractivity contribution in [3.8, 4) is 0 Å². The van der Waals surface area contributed by atoms with Gasteiger partial charge in [0.2, 0.25) is 0 Å². The molecule has 5 atom stereocenters. The highest BCUT2D eigenvalue weighted by molar-refractivity contribution is 5.71. The third-order valence-electron chi connectivity index (χ3n) is 5.51. The Morgan fingerprint density at radius 3 is 2.61 bits per heavy atom. The number of piperidine rings is 1. The van der Waals surface area contributed by atoms with Crippen molar-refractivity contribution in [1.29, 1.82) is 0 Å². The Hall–Kier alpha value is -2.88. The van der Waals surface area contributed by atoms with E-state index in [4.69, 9.17) is 0 Å². The lowest BCUT2D eigenvalue weighted by molar-refractivity contribution is -0.384. The van der Waals surface area contributed by atoms with Gasteiger partial charge in [0.1, 0.15) is 5.82 Å². The predicted molar refractivity (Wildman–Crippen MR) is 97.4 cm³/mol. The summed E-state index contributed by atoms with van der Waals surface area (Å²) in [5, 5.41) is 24.3. The summed E-state index contributed by atoms with van der Waals surface area (Å²) in [7, 11) is 0. The zero-order valence-electron chi connectivity index (χ0n) is 14.7. The lowest BCUT2D eigenvalue weighted by Gasteiger charge is -2.39. The number of hydrogen-bond acceptors (Lipinski definition) is 6. The van der Waals surface area contributed by atoms with Crippen molar-refractivity contribution in [3.05, 3.63) is 75.6 Å². The van der Waals surface area contributed by atoms with Crippen LogP contribution >= 0.6 is 0 Å². The van der Waals surface area contributed by atoms with Crippen LogP contribution in [0.15, 0.2) is 48.5 Å². The van der Waals surface area contributed by atoms with E-state index in [0.717, 1.165) is 0 Å². The largest absolute Gasteiger partial charge is 0.481 e. The SMILES string of the molecule is O=C(O)C1CC(c2cccc(F)c2)NC2NNC(c3cccc([N+](=O)[O-])c3)C21. The number of carboxylic acid groups (broad SMARTS) is 1. The van der Waals surface area contributed by atoms with Crippen LogP contribution in [0.2, 0.25) is 0 Å². The summed E-state index contributed by atoms with van der Waals surface area (Å²) in [5.41, 5.74) is 7.43. The van der Waals surface area contributed by atoms with Crippen molar-refractivity contribution in [2.45, 2.75) is 24.7 Å². The molecule has 2 saturated heterocycles. The van der Waals surface area contributed by atoms with Gasteiger partial charge in [-0.2, -0.15) is 0 Å². The van der Waals surface area contributed by atoms with Gasteiger partial charge in [-0.05, 0) is 29.7 Å². The number of fused-ring (bicyclic) bond motifs is 1. The number of carboxylic acids is 1. The minimum Gasteiger partial charge on any atom is -0.481 e. The third kappa shape index (κ3) is 3.35. The molecule has 2 heterocycles. The molecule has 4 rings (SSSR count). The van der Waals surface area contributed by atoms with E-state index in [1.807, 2.05) is 0 Å². The molecule has 9 heteroatoms. The highest BCUT2D eigenvalue weighted by Gasteiger charge is 2.49. The van der Waals surface area contributed by atoms with E-state index < -0.39 is 22.9 Å². The fourth-order valence-corrected chi connectivity index (χ4v) is 4.24.